The van der Waals surface area contributed by atoms with Crippen LogP contribution in [0.15, 0.2) is 50.1 Å². The van der Waals surface area contributed by atoms with Crippen LogP contribution < -0.4 is 16.2 Å². The molecule has 180 valence electrons. The van der Waals surface area contributed by atoms with Crippen molar-refractivity contribution in [3.05, 3.63) is 68.2 Å². The molecule has 0 saturated carbocycles. The number of pyridine rings is 1. The van der Waals surface area contributed by atoms with Crippen LogP contribution in [0.3, 0.4) is 0 Å². The van der Waals surface area contributed by atoms with Crippen LogP contribution in [0.1, 0.15) is 40.6 Å². The Balaban J connectivity index is 1.48. The van der Waals surface area contributed by atoms with Crippen molar-refractivity contribution in [3.8, 4) is 17.2 Å². The number of fused-ring (bicyclic) bond motifs is 1. The number of nitrogens with zero attached hydrogens (tertiary/aromatic N) is 4. The molecular formula is C25H24BrN5O4. The highest BCUT2D eigenvalue weighted by Gasteiger charge is 2.30. The molecule has 2 aromatic carbocycles. The number of hydrogen-bond acceptors (Lipinski definition) is 7. The molecule has 1 saturated heterocycles. The van der Waals surface area contributed by atoms with Gasteiger partial charge in [0.05, 0.1) is 15.7 Å². The second-order valence-corrected chi connectivity index (χ2v) is 9.65. The van der Waals surface area contributed by atoms with Gasteiger partial charge < -0.3 is 24.7 Å². The normalized spacial score (nSPS) is 14.5. The van der Waals surface area contributed by atoms with Crippen molar-refractivity contribution in [2.75, 3.05) is 18.0 Å². The van der Waals surface area contributed by atoms with Crippen molar-refractivity contribution in [2.45, 2.75) is 25.7 Å². The molecule has 0 unspecified atom stereocenters. The Morgan fingerprint density at radius 2 is 1.91 bits per heavy atom. The number of amides is 1. The number of aryl methyl sites for hydroxylation is 2. The van der Waals surface area contributed by atoms with E-state index in [0.29, 0.717) is 58.8 Å². The van der Waals surface area contributed by atoms with E-state index in [4.69, 9.17) is 10.2 Å². The minimum atomic E-state index is -0.784. The number of nitrogens with two attached hydrogens (primary N) is 1. The van der Waals surface area contributed by atoms with Crippen LogP contribution in [0.2, 0.25) is 0 Å². The Hall–Kier alpha value is -3.66. The zero-order chi connectivity index (χ0) is 24.9. The number of phenols is 1. The van der Waals surface area contributed by atoms with Crippen LogP contribution in [0.5, 0.6) is 5.75 Å². The van der Waals surface area contributed by atoms with Crippen molar-refractivity contribution in [1.29, 1.82) is 0 Å². The van der Waals surface area contributed by atoms with Crippen LogP contribution in [0, 0.1) is 6.92 Å². The van der Waals surface area contributed by atoms with Crippen LogP contribution in [-0.2, 0) is 7.05 Å². The monoisotopic (exact) mass is 537 g/mol. The summed E-state index contributed by atoms with van der Waals surface area (Å²) in [6.45, 7) is 3.13. The number of phenolic OH excluding ortho intramolecular Hbond substituents is 1. The quantitative estimate of drug-likeness (QED) is 0.404. The van der Waals surface area contributed by atoms with E-state index in [-0.39, 0.29) is 17.2 Å². The molecule has 0 aliphatic carbocycles. The Labute approximate surface area is 209 Å². The lowest BCUT2D eigenvalue weighted by atomic mass is 9.95. The highest BCUT2D eigenvalue weighted by atomic mass is 79.9. The molecular weight excluding hydrogens is 514 g/mol. The number of aromatic nitrogens is 3. The fraction of sp³-hybridized carbons (Fsp3) is 0.280. The first kappa shape index (κ1) is 23.1. The zero-order valence-corrected chi connectivity index (χ0v) is 20.9. The molecule has 3 N–H and O–H groups in total. The molecule has 5 rings (SSSR count). The van der Waals surface area contributed by atoms with E-state index in [1.807, 2.05) is 36.1 Å². The lowest BCUT2D eigenvalue weighted by Gasteiger charge is -2.34. The largest absolute Gasteiger partial charge is 0.507 e. The minimum Gasteiger partial charge on any atom is -0.507 e. The molecule has 3 heterocycles. The van der Waals surface area contributed by atoms with Gasteiger partial charge >= 0.3 is 0 Å². The van der Waals surface area contributed by atoms with Gasteiger partial charge in [0.25, 0.3) is 11.5 Å². The number of carbonyl (C=O) groups excluding carboxylic acids is 1. The van der Waals surface area contributed by atoms with Gasteiger partial charge in [-0.25, -0.2) is 0 Å². The number of aromatic hydroxyl groups is 1. The van der Waals surface area contributed by atoms with E-state index in [2.05, 4.69) is 26.1 Å². The maximum absolute atomic E-state index is 13.0. The average Bonchev–Trinajstić information content (AvgIpc) is 3.33. The number of halogens is 1. The number of rotatable bonds is 4. The van der Waals surface area contributed by atoms with E-state index in [9.17, 15) is 14.7 Å². The van der Waals surface area contributed by atoms with Crippen molar-refractivity contribution in [2.24, 2.45) is 12.8 Å². The van der Waals surface area contributed by atoms with Crippen molar-refractivity contribution in [3.63, 3.8) is 0 Å². The van der Waals surface area contributed by atoms with Gasteiger partial charge in [-0.1, -0.05) is 18.2 Å². The van der Waals surface area contributed by atoms with E-state index in [0.717, 1.165) is 11.1 Å². The summed E-state index contributed by atoms with van der Waals surface area (Å²) >= 11 is 3.35. The third-order valence-corrected chi connectivity index (χ3v) is 7.30. The molecule has 10 heteroatoms. The van der Waals surface area contributed by atoms with E-state index in [1.165, 1.54) is 10.6 Å². The third kappa shape index (κ3) is 3.97. The molecule has 1 aliphatic rings. The number of piperidine rings is 1. The summed E-state index contributed by atoms with van der Waals surface area (Å²) in [6.07, 6.45) is 1.40. The molecule has 0 radical (unpaired) electrons. The van der Waals surface area contributed by atoms with Gasteiger partial charge in [-0.3, -0.25) is 9.59 Å². The van der Waals surface area contributed by atoms with Crippen molar-refractivity contribution in [1.82, 2.24) is 14.8 Å². The molecule has 4 aromatic rings. The summed E-state index contributed by atoms with van der Waals surface area (Å²) < 4.78 is 7.82. The topological polar surface area (TPSA) is 127 Å². The average molecular weight is 538 g/mol. The van der Waals surface area contributed by atoms with Gasteiger partial charge in [-0.2, -0.15) is 0 Å². The molecule has 9 nitrogen and oxygen atoms in total. The first-order valence-electron chi connectivity index (χ1n) is 11.3. The second kappa shape index (κ2) is 8.84. The molecule has 2 aromatic heterocycles. The van der Waals surface area contributed by atoms with Crippen LogP contribution in [-0.4, -0.2) is 38.9 Å². The zero-order valence-electron chi connectivity index (χ0n) is 19.3. The highest BCUT2D eigenvalue weighted by molar-refractivity contribution is 9.10. The first-order valence-corrected chi connectivity index (χ1v) is 12.0. The fourth-order valence-corrected chi connectivity index (χ4v) is 5.10. The summed E-state index contributed by atoms with van der Waals surface area (Å²) in [6, 6.07) is 11.1. The summed E-state index contributed by atoms with van der Waals surface area (Å²) in [5.41, 5.74) is 8.08. The lowest BCUT2D eigenvalue weighted by Crippen LogP contribution is -2.38. The highest BCUT2D eigenvalue weighted by Crippen LogP contribution is 2.38. The van der Waals surface area contributed by atoms with Gasteiger partial charge in [0.2, 0.25) is 11.8 Å². The first-order chi connectivity index (χ1) is 16.8. The summed E-state index contributed by atoms with van der Waals surface area (Å²) in [7, 11) is 1.56. The molecule has 0 spiro atoms. The third-order valence-electron chi connectivity index (χ3n) is 6.66. The standard InChI is InChI=1S/C25H24BrN5O4/c1-13-5-3-4-6-15(13)24-29-28-23(35-24)14-7-9-31(10-8-14)21-16-11-17(26)19(32)12-18(16)30(2)25(34)20(21)22(27)33/h3-6,11-12,14,32H,7-10H2,1-2H3,(H2,27,33). The molecule has 1 fully saturated rings. The summed E-state index contributed by atoms with van der Waals surface area (Å²) in [5, 5.41) is 19.4. The number of primary amides is 1. The lowest BCUT2D eigenvalue weighted by molar-refractivity contribution is 0.0999. The minimum absolute atomic E-state index is 0.00448. The Bertz CT molecular complexity index is 1520. The maximum Gasteiger partial charge on any atom is 0.265 e. The van der Waals surface area contributed by atoms with E-state index < -0.39 is 11.5 Å². The van der Waals surface area contributed by atoms with Crippen LogP contribution in [0.4, 0.5) is 5.69 Å². The number of anilines is 1. The van der Waals surface area contributed by atoms with E-state index >= 15 is 0 Å². The van der Waals surface area contributed by atoms with Crippen LogP contribution >= 0.6 is 15.9 Å². The molecule has 1 aliphatic heterocycles. The number of carbonyl (C=O) groups is 1. The van der Waals surface area contributed by atoms with Gasteiger partial charge in [-0.15, -0.1) is 10.2 Å². The smallest absolute Gasteiger partial charge is 0.265 e. The second-order valence-electron chi connectivity index (χ2n) is 8.79. The molecule has 35 heavy (non-hydrogen) atoms. The van der Waals surface area contributed by atoms with Gasteiger partial charge in [0.15, 0.2) is 0 Å². The summed E-state index contributed by atoms with van der Waals surface area (Å²) in [4.78, 5) is 27.4. The van der Waals surface area contributed by atoms with Crippen LogP contribution in [0.25, 0.3) is 22.4 Å². The predicted octanol–water partition coefficient (Wildman–Crippen LogP) is 3.85. The summed E-state index contributed by atoms with van der Waals surface area (Å²) in [5.74, 6) is 0.360. The van der Waals surface area contributed by atoms with Crippen molar-refractivity contribution < 1.29 is 14.3 Å². The Kier molecular flexibility index (Phi) is 5.84. The number of hydrogen-bond donors (Lipinski definition) is 2. The van der Waals surface area contributed by atoms with E-state index in [1.54, 1.807) is 13.1 Å². The Morgan fingerprint density at radius 1 is 1.20 bits per heavy atom. The SMILES string of the molecule is Cc1ccccc1-c1nnc(C2CCN(c3c(C(N)=O)c(=O)n(C)c4cc(O)c(Br)cc34)CC2)o1. The molecule has 0 atom stereocenters. The fourth-order valence-electron chi connectivity index (χ4n) is 4.75. The number of benzene rings is 2. The van der Waals surface area contributed by atoms with Gasteiger partial charge in [0.1, 0.15) is 11.3 Å². The maximum atomic E-state index is 13.0. The molecule has 0 bridgehead atoms. The molecule has 1 amide bonds. The predicted molar refractivity (Wildman–Crippen MR) is 136 cm³/mol. The van der Waals surface area contributed by atoms with Crippen molar-refractivity contribution >= 4 is 38.4 Å². The van der Waals surface area contributed by atoms with Gasteiger partial charge in [0, 0.05) is 43.1 Å². The van der Waals surface area contributed by atoms with Gasteiger partial charge in [-0.05, 0) is 53.4 Å². The Morgan fingerprint density at radius 3 is 2.60 bits per heavy atom.